The van der Waals surface area contributed by atoms with Gasteiger partial charge in [0.05, 0.1) is 23.4 Å². The second-order valence-corrected chi connectivity index (χ2v) is 12.3. The van der Waals surface area contributed by atoms with Gasteiger partial charge in [0.2, 0.25) is 11.8 Å². The molecule has 6 heterocycles. The molecule has 3 fully saturated rings. The fourth-order valence-corrected chi connectivity index (χ4v) is 6.55. The van der Waals surface area contributed by atoms with Crippen LogP contribution < -0.4 is 21.3 Å². The zero-order valence-electron chi connectivity index (χ0n) is 26.8. The van der Waals surface area contributed by atoms with Crippen LogP contribution >= 0.6 is 0 Å². The van der Waals surface area contributed by atoms with Gasteiger partial charge in [-0.25, -0.2) is 15.0 Å². The van der Waals surface area contributed by atoms with Gasteiger partial charge in [0.25, 0.3) is 0 Å². The number of amides is 2. The average molecular weight is 637 g/mol. The molecule has 244 valence electrons. The highest BCUT2D eigenvalue weighted by Gasteiger charge is 2.51. The van der Waals surface area contributed by atoms with E-state index < -0.39 is 5.41 Å². The van der Waals surface area contributed by atoms with Crippen LogP contribution in [0.5, 0.6) is 0 Å². The second kappa shape index (κ2) is 13.2. The van der Waals surface area contributed by atoms with Gasteiger partial charge in [-0.15, -0.1) is 0 Å². The Balaban J connectivity index is 1.03. The fraction of sp³-hybridized carbons (Fsp3) is 0.394. The first-order chi connectivity index (χ1) is 22.7. The highest BCUT2D eigenvalue weighted by Crippen LogP contribution is 2.42. The molecule has 14 nitrogen and oxygen atoms in total. The molecule has 0 saturated carbocycles. The van der Waals surface area contributed by atoms with Crippen LogP contribution in [0.2, 0.25) is 0 Å². The number of pyridine rings is 3. The first-order valence-electron chi connectivity index (χ1n) is 15.7. The lowest BCUT2D eigenvalue weighted by Gasteiger charge is -2.36. The van der Waals surface area contributed by atoms with Crippen LogP contribution in [0.15, 0.2) is 58.8 Å². The molecule has 5 N–H and O–H groups in total. The van der Waals surface area contributed by atoms with Crippen molar-refractivity contribution in [2.24, 2.45) is 21.1 Å². The van der Waals surface area contributed by atoms with Gasteiger partial charge in [-0.1, -0.05) is 0 Å². The summed E-state index contributed by atoms with van der Waals surface area (Å²) in [6.07, 6.45) is 6.13. The minimum Gasteiger partial charge on any atom is -0.397 e. The molecule has 3 aromatic heterocycles. The van der Waals surface area contributed by atoms with E-state index in [4.69, 9.17) is 16.9 Å². The van der Waals surface area contributed by atoms with E-state index in [0.717, 1.165) is 17.1 Å². The predicted octanol–water partition coefficient (Wildman–Crippen LogP) is 1.32. The summed E-state index contributed by atoms with van der Waals surface area (Å²) in [6.45, 7) is 6.46. The van der Waals surface area contributed by atoms with Gasteiger partial charge in [0.15, 0.2) is 0 Å². The van der Waals surface area contributed by atoms with E-state index in [1.165, 1.54) is 6.34 Å². The third-order valence-electron chi connectivity index (χ3n) is 9.23. The summed E-state index contributed by atoms with van der Waals surface area (Å²) in [5, 5.41) is 8.72. The van der Waals surface area contributed by atoms with Crippen LogP contribution in [0, 0.1) is 17.7 Å². The number of nitrogens with zero attached hydrogens (tertiary/aromatic N) is 9. The number of nitrogens with one attached hydrogen (secondary N) is 1. The third-order valence-corrected chi connectivity index (χ3v) is 9.23. The van der Waals surface area contributed by atoms with Crippen molar-refractivity contribution in [3.63, 3.8) is 0 Å². The number of likely N-dealkylation sites (tertiary alicyclic amines) is 1. The molecule has 0 aliphatic carbocycles. The van der Waals surface area contributed by atoms with Crippen molar-refractivity contribution in [1.82, 2.24) is 24.8 Å². The molecule has 3 saturated heterocycles. The Kier molecular flexibility index (Phi) is 8.94. The molecule has 0 bridgehead atoms. The molecule has 3 aliphatic heterocycles. The number of carbonyl (C=O) groups excluding carboxylic acids is 2. The molecular formula is C33H40N12O2. The summed E-state index contributed by atoms with van der Waals surface area (Å²) in [5.74, 6) is 1.76. The van der Waals surface area contributed by atoms with Crippen molar-refractivity contribution in [3.05, 3.63) is 71.3 Å². The molecule has 0 aromatic carbocycles. The van der Waals surface area contributed by atoms with Crippen LogP contribution in [-0.2, 0) is 9.59 Å². The summed E-state index contributed by atoms with van der Waals surface area (Å²) in [7, 11) is 1.63. The van der Waals surface area contributed by atoms with Gasteiger partial charge in [0, 0.05) is 75.5 Å². The zero-order chi connectivity index (χ0) is 33.1. The maximum absolute atomic E-state index is 13.9. The molecule has 3 aliphatic rings. The lowest BCUT2D eigenvalue weighted by atomic mass is 9.85. The lowest BCUT2D eigenvalue weighted by molar-refractivity contribution is -0.133. The highest BCUT2D eigenvalue weighted by atomic mass is 16.2. The number of nitrogen functional groups attached to an aromatic ring is 1. The van der Waals surface area contributed by atoms with Gasteiger partial charge in [0.1, 0.15) is 29.5 Å². The first kappa shape index (κ1) is 31.7. The summed E-state index contributed by atoms with van der Waals surface area (Å²) in [6, 6.07) is 10.8. The molecule has 14 heteroatoms. The van der Waals surface area contributed by atoms with E-state index in [2.05, 4.69) is 34.7 Å². The molecule has 3 aromatic rings. The maximum Gasteiger partial charge on any atom is 0.236 e. The van der Waals surface area contributed by atoms with Crippen LogP contribution in [0.3, 0.4) is 0 Å². The highest BCUT2D eigenvalue weighted by molar-refractivity contribution is 6.13. The Morgan fingerprint density at radius 1 is 1.02 bits per heavy atom. The fourth-order valence-electron chi connectivity index (χ4n) is 6.55. The zero-order valence-corrected chi connectivity index (χ0v) is 26.8. The van der Waals surface area contributed by atoms with E-state index in [-0.39, 0.29) is 24.1 Å². The van der Waals surface area contributed by atoms with E-state index in [1.807, 2.05) is 30.0 Å². The van der Waals surface area contributed by atoms with Gasteiger partial charge in [-0.2, -0.15) is 0 Å². The van der Waals surface area contributed by atoms with Crippen LogP contribution in [0.25, 0.3) is 0 Å². The molecule has 1 spiro atoms. The topological polar surface area (TPSA) is 186 Å². The Labute approximate surface area is 273 Å². The van der Waals surface area contributed by atoms with Gasteiger partial charge >= 0.3 is 0 Å². The number of rotatable bonds is 8. The number of aryl methyl sites for hydroxylation is 1. The molecule has 2 amide bonds. The van der Waals surface area contributed by atoms with Gasteiger partial charge in [-0.05, 0) is 62.7 Å². The quantitative estimate of drug-likeness (QED) is 0.242. The number of aromatic nitrogens is 3. The van der Waals surface area contributed by atoms with Crippen LogP contribution in [0.4, 0.5) is 17.3 Å². The molecule has 0 unspecified atom stereocenters. The van der Waals surface area contributed by atoms with Crippen molar-refractivity contribution in [1.29, 1.82) is 5.41 Å². The number of piperazine rings is 1. The SMILES string of the molecule is CN=CN=C(N)c1ccc(N2CCN(C(=O)CN3CC[C@]4(CCN(c5ccc(N)c(C(=N)c6ccnc(C)c6)n5)C4=O)C3)CC2)nc1. The number of nitrogens with two attached hydrogens (primary N) is 2. The molecule has 0 radical (unpaired) electrons. The molecular weight excluding hydrogens is 596 g/mol. The standard InChI is InChI=1S/C33H40N12O2/c1-22-17-23(7-10-38-22)29(35)30-25(34)4-6-27(41-30)45-12-9-33(32(45)47)8-11-42(20-33)19-28(46)44-15-13-43(14-16-44)26-5-3-24(18-39-26)31(36)40-21-37-2/h3-7,10,17-18,21,35H,8-9,11-16,19-20,34H2,1-2H3,(H2,36,37,40)/t33-/m0/s1. The van der Waals surface area contributed by atoms with E-state index in [0.29, 0.717) is 87.3 Å². The second-order valence-electron chi connectivity index (χ2n) is 12.3. The Morgan fingerprint density at radius 3 is 2.51 bits per heavy atom. The largest absolute Gasteiger partial charge is 0.397 e. The summed E-state index contributed by atoms with van der Waals surface area (Å²) >= 11 is 0. The number of hydrogen-bond acceptors (Lipinski definition) is 10. The van der Waals surface area contributed by atoms with Crippen molar-refractivity contribution < 1.29 is 9.59 Å². The number of anilines is 3. The Bertz CT molecular complexity index is 1730. The van der Waals surface area contributed by atoms with Crippen molar-refractivity contribution in [2.75, 3.05) is 74.9 Å². The monoisotopic (exact) mass is 636 g/mol. The first-order valence-corrected chi connectivity index (χ1v) is 15.7. The van der Waals surface area contributed by atoms with Crippen molar-refractivity contribution >= 4 is 47.0 Å². The van der Waals surface area contributed by atoms with Crippen LogP contribution in [0.1, 0.15) is 35.4 Å². The molecule has 47 heavy (non-hydrogen) atoms. The lowest BCUT2D eigenvalue weighted by Crippen LogP contribution is -2.51. The van der Waals surface area contributed by atoms with E-state index in [1.54, 1.807) is 42.5 Å². The van der Waals surface area contributed by atoms with Gasteiger partial charge < -0.3 is 21.3 Å². The maximum atomic E-state index is 13.9. The number of amidine groups is 1. The smallest absolute Gasteiger partial charge is 0.236 e. The van der Waals surface area contributed by atoms with E-state index in [9.17, 15) is 9.59 Å². The average Bonchev–Trinajstić information content (AvgIpc) is 3.65. The van der Waals surface area contributed by atoms with Crippen LogP contribution in [-0.4, -0.2) is 114 Å². The van der Waals surface area contributed by atoms with E-state index >= 15 is 0 Å². The Hall–Kier alpha value is -5.24. The van der Waals surface area contributed by atoms with Gasteiger partial charge in [-0.3, -0.25) is 34.8 Å². The number of carbonyl (C=O) groups is 2. The third kappa shape index (κ3) is 6.54. The summed E-state index contributed by atoms with van der Waals surface area (Å²) < 4.78 is 0. The normalized spacial score (nSPS) is 20.6. The van der Waals surface area contributed by atoms with Crippen molar-refractivity contribution in [2.45, 2.75) is 19.8 Å². The predicted molar refractivity (Wildman–Crippen MR) is 182 cm³/mol. The van der Waals surface area contributed by atoms with Crippen molar-refractivity contribution in [3.8, 4) is 0 Å². The number of hydrogen-bond donors (Lipinski definition) is 3. The minimum absolute atomic E-state index is 0.0145. The molecule has 6 rings (SSSR count). The molecule has 1 atom stereocenters. The Morgan fingerprint density at radius 2 is 1.79 bits per heavy atom. The summed E-state index contributed by atoms with van der Waals surface area (Å²) in [5.41, 5.74) is 14.7. The minimum atomic E-state index is -0.548. The number of aliphatic imine (C=N–C) groups is 2. The summed E-state index contributed by atoms with van der Waals surface area (Å²) in [4.78, 5) is 56.3.